The van der Waals surface area contributed by atoms with E-state index in [0.29, 0.717) is 41.0 Å². The Labute approximate surface area is 212 Å². The first-order valence-corrected chi connectivity index (χ1v) is 12.8. The molecule has 0 radical (unpaired) electrons. The fourth-order valence-electron chi connectivity index (χ4n) is 4.61. The van der Waals surface area contributed by atoms with Gasteiger partial charge in [-0.25, -0.2) is 4.98 Å². The van der Waals surface area contributed by atoms with Gasteiger partial charge in [0.05, 0.1) is 34.6 Å². The van der Waals surface area contributed by atoms with E-state index >= 15 is 0 Å². The quantitative estimate of drug-likeness (QED) is 0.303. The van der Waals surface area contributed by atoms with Crippen LogP contribution in [0.5, 0.6) is 0 Å². The van der Waals surface area contributed by atoms with Gasteiger partial charge in [0.2, 0.25) is 0 Å². The van der Waals surface area contributed by atoms with E-state index in [9.17, 15) is 5.26 Å². The molecule has 1 aliphatic rings. The fraction of sp³-hybridized carbons (Fsp3) is 0.259. The Kier molecular flexibility index (Phi) is 5.43. The summed E-state index contributed by atoms with van der Waals surface area (Å²) in [7, 11) is 0. The molecule has 9 heteroatoms. The van der Waals surface area contributed by atoms with Gasteiger partial charge in [0.15, 0.2) is 10.8 Å². The topological polar surface area (TPSA) is 104 Å². The number of pyridine rings is 1. The summed E-state index contributed by atoms with van der Waals surface area (Å²) in [6.45, 7) is 6.54. The Bertz CT molecular complexity index is 1610. The molecule has 0 bridgehead atoms. The van der Waals surface area contributed by atoms with E-state index in [-0.39, 0.29) is 5.60 Å². The molecule has 2 N–H and O–H groups in total. The minimum absolute atomic E-state index is 0.364. The van der Waals surface area contributed by atoms with Gasteiger partial charge in [-0.3, -0.25) is 4.40 Å². The van der Waals surface area contributed by atoms with Crippen molar-refractivity contribution in [1.82, 2.24) is 24.6 Å². The predicted molar refractivity (Wildman–Crippen MR) is 140 cm³/mol. The van der Waals surface area contributed by atoms with Crippen molar-refractivity contribution in [1.29, 1.82) is 5.26 Å². The Morgan fingerprint density at radius 2 is 1.94 bits per heavy atom. The monoisotopic (exact) mass is 495 g/mol. The number of nitrogens with one attached hydrogen (secondary N) is 2. The van der Waals surface area contributed by atoms with Crippen molar-refractivity contribution in [3.8, 4) is 6.07 Å². The van der Waals surface area contributed by atoms with Crippen LogP contribution in [-0.4, -0.2) is 30.2 Å². The van der Waals surface area contributed by atoms with Crippen LogP contribution >= 0.6 is 11.8 Å². The number of rotatable bonds is 5. The lowest BCUT2D eigenvalue weighted by atomic mass is 9.89. The molecule has 0 fully saturated rings. The van der Waals surface area contributed by atoms with Gasteiger partial charge in [0.1, 0.15) is 17.7 Å². The highest BCUT2D eigenvalue weighted by molar-refractivity contribution is 7.98. The third-order valence-electron chi connectivity index (χ3n) is 6.44. The molecule has 36 heavy (non-hydrogen) atoms. The molecule has 5 aromatic rings. The van der Waals surface area contributed by atoms with Crippen LogP contribution in [0.3, 0.4) is 0 Å². The molecular formula is C27H25N7OS. The van der Waals surface area contributed by atoms with Crippen LogP contribution in [0.4, 0.5) is 11.5 Å². The van der Waals surface area contributed by atoms with E-state index in [2.05, 4.69) is 38.5 Å². The van der Waals surface area contributed by atoms with E-state index in [0.717, 1.165) is 33.7 Å². The zero-order chi connectivity index (χ0) is 24.9. The lowest BCUT2D eigenvalue weighted by Gasteiger charge is -2.33. The van der Waals surface area contributed by atoms with E-state index in [1.165, 1.54) is 17.3 Å². The zero-order valence-corrected chi connectivity index (χ0v) is 21.1. The Hall–Kier alpha value is -3.87. The summed E-state index contributed by atoms with van der Waals surface area (Å²) in [5.74, 6) is 2.11. The van der Waals surface area contributed by atoms with Crippen LogP contribution in [0.15, 0.2) is 53.7 Å². The Morgan fingerprint density at radius 1 is 1.14 bits per heavy atom. The number of nitrogens with zero attached hydrogens (tertiary/aromatic N) is 5. The second-order valence-corrected chi connectivity index (χ2v) is 10.6. The second kappa shape index (κ2) is 8.66. The number of ether oxygens (including phenoxy) is 1. The molecule has 2 aromatic carbocycles. The summed E-state index contributed by atoms with van der Waals surface area (Å²) in [6.07, 6.45) is 0.624. The molecule has 0 atom stereocenters. The number of hydrogen-bond acceptors (Lipinski definition) is 7. The van der Waals surface area contributed by atoms with Gasteiger partial charge < -0.3 is 15.0 Å². The maximum absolute atomic E-state index is 10.3. The minimum Gasteiger partial charge on any atom is -0.370 e. The number of fused-ring (bicyclic) bond motifs is 4. The zero-order valence-electron chi connectivity index (χ0n) is 20.3. The van der Waals surface area contributed by atoms with Crippen LogP contribution in [-0.2, 0) is 23.5 Å². The number of anilines is 2. The summed E-state index contributed by atoms with van der Waals surface area (Å²) in [5, 5.41) is 23.6. The smallest absolute Gasteiger partial charge is 0.197 e. The number of hydrogen-bond donors (Lipinski definition) is 2. The summed E-state index contributed by atoms with van der Waals surface area (Å²) in [6, 6.07) is 18.6. The summed E-state index contributed by atoms with van der Waals surface area (Å²) in [5.41, 5.74) is 6.83. The number of thioether (sulfide) groups is 1. The van der Waals surface area contributed by atoms with Crippen molar-refractivity contribution in [2.45, 2.75) is 50.3 Å². The van der Waals surface area contributed by atoms with Crippen LogP contribution < -0.4 is 5.32 Å². The normalized spacial score (nSPS) is 14.6. The highest BCUT2D eigenvalue weighted by Gasteiger charge is 2.33. The maximum atomic E-state index is 10.3. The van der Waals surface area contributed by atoms with Gasteiger partial charge in [-0.1, -0.05) is 41.6 Å². The molecular weight excluding hydrogens is 470 g/mol. The van der Waals surface area contributed by atoms with Crippen molar-refractivity contribution in [2.24, 2.45) is 0 Å². The molecule has 4 heterocycles. The average Bonchev–Trinajstić information content (AvgIpc) is 3.47. The first-order valence-electron chi connectivity index (χ1n) is 11.8. The second-order valence-electron chi connectivity index (χ2n) is 9.64. The number of H-pyrrole nitrogens is 1. The van der Waals surface area contributed by atoms with Gasteiger partial charge in [0.25, 0.3) is 0 Å². The number of benzene rings is 2. The van der Waals surface area contributed by atoms with Crippen molar-refractivity contribution in [3.63, 3.8) is 0 Å². The molecule has 1 aliphatic heterocycles. The van der Waals surface area contributed by atoms with Crippen molar-refractivity contribution in [2.75, 3.05) is 5.32 Å². The highest BCUT2D eigenvalue weighted by atomic mass is 32.2. The molecule has 6 rings (SSSR count). The van der Waals surface area contributed by atoms with E-state index in [1.54, 1.807) is 0 Å². The molecule has 0 spiro atoms. The molecule has 0 amide bonds. The first-order chi connectivity index (χ1) is 17.4. The van der Waals surface area contributed by atoms with E-state index in [4.69, 9.17) is 4.74 Å². The Morgan fingerprint density at radius 3 is 2.72 bits per heavy atom. The predicted octanol–water partition coefficient (Wildman–Crippen LogP) is 5.67. The SMILES string of the molecule is Cc1ccc(Nc2c(C#N)c3c(c4nnc(SCc5nc6ccccc6[nH]5)n24)COC(C)(C)C3)cc1. The molecule has 8 nitrogen and oxygen atoms in total. The van der Waals surface area contributed by atoms with Crippen molar-refractivity contribution >= 4 is 39.9 Å². The number of para-hydroxylation sites is 2. The van der Waals surface area contributed by atoms with Crippen LogP contribution in [0, 0.1) is 18.3 Å². The number of imidazole rings is 1. The van der Waals surface area contributed by atoms with Crippen molar-refractivity contribution in [3.05, 3.63) is 76.6 Å². The first kappa shape index (κ1) is 22.6. The van der Waals surface area contributed by atoms with Gasteiger partial charge in [0, 0.05) is 17.7 Å². The van der Waals surface area contributed by atoms with Gasteiger partial charge >= 0.3 is 0 Å². The van der Waals surface area contributed by atoms with Crippen LogP contribution in [0.1, 0.15) is 41.9 Å². The lowest BCUT2D eigenvalue weighted by molar-refractivity contribution is -0.0397. The third-order valence-corrected chi connectivity index (χ3v) is 7.38. The van der Waals surface area contributed by atoms with E-state index in [1.807, 2.05) is 66.8 Å². The van der Waals surface area contributed by atoms with Gasteiger partial charge in [-0.05, 0) is 50.6 Å². The van der Waals surface area contributed by atoms with E-state index < -0.39 is 0 Å². The van der Waals surface area contributed by atoms with Crippen molar-refractivity contribution < 1.29 is 4.74 Å². The minimum atomic E-state index is -0.364. The molecule has 180 valence electrons. The van der Waals surface area contributed by atoms with Crippen LogP contribution in [0.2, 0.25) is 0 Å². The number of aromatic amines is 1. The average molecular weight is 496 g/mol. The molecule has 0 saturated carbocycles. The fourth-order valence-corrected chi connectivity index (χ4v) is 5.42. The Balaban J connectivity index is 1.47. The largest absolute Gasteiger partial charge is 0.370 e. The summed E-state index contributed by atoms with van der Waals surface area (Å²) < 4.78 is 8.06. The number of aromatic nitrogens is 5. The maximum Gasteiger partial charge on any atom is 0.197 e. The third kappa shape index (κ3) is 3.98. The standard InChI is InChI=1S/C27H25N7OS/c1-16-8-10-17(11-9-16)29-24-19(13-28)18-12-27(2,3)35-14-20(18)25-32-33-26(34(24)25)36-15-23-30-21-6-4-5-7-22(21)31-23/h4-11,29H,12,14-15H2,1-3H3,(H,30,31). The summed E-state index contributed by atoms with van der Waals surface area (Å²) in [4.78, 5) is 8.06. The van der Waals surface area contributed by atoms with Gasteiger partial charge in [-0.15, -0.1) is 10.2 Å². The lowest BCUT2D eigenvalue weighted by Crippen LogP contribution is -2.33. The van der Waals surface area contributed by atoms with Gasteiger partial charge in [-0.2, -0.15) is 5.26 Å². The number of nitriles is 1. The summed E-state index contributed by atoms with van der Waals surface area (Å²) >= 11 is 1.53. The van der Waals surface area contributed by atoms with Crippen LogP contribution in [0.25, 0.3) is 16.7 Å². The highest BCUT2D eigenvalue weighted by Crippen LogP contribution is 2.38. The molecule has 3 aromatic heterocycles. The molecule has 0 aliphatic carbocycles. The number of aryl methyl sites for hydroxylation is 1. The molecule has 0 unspecified atom stereocenters. The molecule has 0 saturated heterocycles.